The number of anilines is 1. The number of halogens is 3. The summed E-state index contributed by atoms with van der Waals surface area (Å²) in [5.74, 6) is -1.48. The summed E-state index contributed by atoms with van der Waals surface area (Å²) in [7, 11) is 0. The van der Waals surface area contributed by atoms with Crippen molar-refractivity contribution in [2.75, 3.05) is 11.4 Å². The fourth-order valence-electron chi connectivity index (χ4n) is 3.71. The van der Waals surface area contributed by atoms with Crippen LogP contribution in [0, 0.1) is 11.6 Å². The van der Waals surface area contributed by atoms with Gasteiger partial charge in [0.2, 0.25) is 0 Å². The SMILES string of the molecule is O=C([O-])c1ccnc2c1CCCN2Cc1cc(Cl)ccc1OCc1ccc(F)cc1F.[Na+]. The van der Waals surface area contributed by atoms with Gasteiger partial charge in [-0.2, -0.15) is 0 Å². The van der Waals surface area contributed by atoms with Crippen molar-refractivity contribution in [3.05, 3.63) is 87.6 Å². The molecule has 0 bridgehead atoms. The number of hydrogen-bond acceptors (Lipinski definition) is 5. The summed E-state index contributed by atoms with van der Waals surface area (Å²) in [5.41, 5.74) is 1.75. The van der Waals surface area contributed by atoms with Gasteiger partial charge in [-0.3, -0.25) is 0 Å². The Labute approximate surface area is 211 Å². The molecule has 1 aliphatic rings. The Hall–Kier alpha value is -2.19. The van der Waals surface area contributed by atoms with Gasteiger partial charge >= 0.3 is 29.6 Å². The second-order valence-electron chi connectivity index (χ2n) is 7.25. The molecule has 3 aromatic rings. The third kappa shape index (κ3) is 5.41. The van der Waals surface area contributed by atoms with Crippen molar-refractivity contribution >= 4 is 23.4 Å². The maximum atomic E-state index is 13.9. The van der Waals surface area contributed by atoms with E-state index < -0.39 is 17.6 Å². The van der Waals surface area contributed by atoms with E-state index in [1.807, 2.05) is 4.90 Å². The van der Waals surface area contributed by atoms with Gasteiger partial charge in [0.25, 0.3) is 0 Å². The van der Waals surface area contributed by atoms with Crippen LogP contribution in [0.4, 0.5) is 14.6 Å². The molecule has 2 heterocycles. The van der Waals surface area contributed by atoms with Gasteiger partial charge in [-0.05, 0) is 49.2 Å². The minimum Gasteiger partial charge on any atom is -0.545 e. The number of aromatic nitrogens is 1. The molecule has 2 aromatic carbocycles. The van der Waals surface area contributed by atoms with E-state index in [9.17, 15) is 18.7 Å². The number of ether oxygens (including phenoxy) is 1. The van der Waals surface area contributed by atoms with Crippen LogP contribution in [-0.2, 0) is 19.6 Å². The summed E-state index contributed by atoms with van der Waals surface area (Å²) < 4.78 is 32.9. The average molecular weight is 467 g/mol. The summed E-state index contributed by atoms with van der Waals surface area (Å²) in [6.07, 6.45) is 2.82. The number of hydrogen-bond donors (Lipinski definition) is 0. The third-order valence-electron chi connectivity index (χ3n) is 5.19. The molecule has 0 atom stereocenters. The van der Waals surface area contributed by atoms with Crippen LogP contribution in [0.15, 0.2) is 48.7 Å². The van der Waals surface area contributed by atoms with Crippen molar-refractivity contribution in [1.82, 2.24) is 4.98 Å². The Morgan fingerprint density at radius 2 is 1.97 bits per heavy atom. The zero-order valence-corrected chi connectivity index (χ0v) is 20.2. The number of pyridine rings is 1. The second-order valence-corrected chi connectivity index (χ2v) is 7.69. The predicted octanol–water partition coefficient (Wildman–Crippen LogP) is 0.913. The number of nitrogens with zero attached hydrogens (tertiary/aromatic N) is 2. The maximum Gasteiger partial charge on any atom is 1.00 e. The van der Waals surface area contributed by atoms with Gasteiger partial charge in [0.15, 0.2) is 0 Å². The minimum atomic E-state index is -1.23. The van der Waals surface area contributed by atoms with E-state index in [2.05, 4.69) is 4.98 Å². The van der Waals surface area contributed by atoms with E-state index in [4.69, 9.17) is 16.3 Å². The Kier molecular flexibility index (Phi) is 8.11. The smallest absolute Gasteiger partial charge is 0.545 e. The number of aromatic carboxylic acids is 1. The van der Waals surface area contributed by atoms with E-state index >= 15 is 0 Å². The van der Waals surface area contributed by atoms with Gasteiger partial charge in [0.1, 0.15) is 29.8 Å². The molecule has 0 amide bonds. The number of carbonyl (C=O) groups is 1. The zero-order chi connectivity index (χ0) is 22.0. The number of carboxylic acids is 1. The molecular weight excluding hydrogens is 449 g/mol. The van der Waals surface area contributed by atoms with Crippen LogP contribution in [0.2, 0.25) is 5.02 Å². The molecule has 32 heavy (non-hydrogen) atoms. The quantitative estimate of drug-likeness (QED) is 0.505. The predicted molar refractivity (Wildman–Crippen MR) is 110 cm³/mol. The van der Waals surface area contributed by atoms with E-state index in [0.29, 0.717) is 41.7 Å². The molecule has 160 valence electrons. The van der Waals surface area contributed by atoms with Gasteiger partial charge in [-0.25, -0.2) is 13.8 Å². The van der Waals surface area contributed by atoms with E-state index in [-0.39, 0.29) is 47.3 Å². The first-order chi connectivity index (χ1) is 14.9. The zero-order valence-electron chi connectivity index (χ0n) is 17.4. The topological polar surface area (TPSA) is 65.5 Å². The Morgan fingerprint density at radius 1 is 1.16 bits per heavy atom. The molecule has 0 saturated heterocycles. The van der Waals surface area contributed by atoms with Gasteiger partial charge < -0.3 is 19.5 Å². The monoisotopic (exact) mass is 466 g/mol. The Balaban J connectivity index is 0.00000289. The molecule has 1 aliphatic heterocycles. The van der Waals surface area contributed by atoms with Crippen LogP contribution in [0.5, 0.6) is 5.75 Å². The van der Waals surface area contributed by atoms with Gasteiger partial charge in [-0.1, -0.05) is 11.6 Å². The van der Waals surface area contributed by atoms with E-state index in [1.165, 1.54) is 24.4 Å². The number of carboxylic acid groups (broad SMARTS) is 1. The average Bonchev–Trinajstić information content (AvgIpc) is 2.74. The van der Waals surface area contributed by atoms with Crippen LogP contribution in [0.3, 0.4) is 0 Å². The summed E-state index contributed by atoms with van der Waals surface area (Å²) in [6, 6.07) is 9.87. The van der Waals surface area contributed by atoms with Gasteiger partial charge in [0.05, 0.1) is 5.97 Å². The van der Waals surface area contributed by atoms with Crippen molar-refractivity contribution < 1.29 is 53.0 Å². The first-order valence-corrected chi connectivity index (χ1v) is 10.1. The molecule has 0 N–H and O–H groups in total. The van der Waals surface area contributed by atoms with Gasteiger partial charge in [-0.15, -0.1) is 0 Å². The van der Waals surface area contributed by atoms with Gasteiger partial charge in [0, 0.05) is 52.6 Å². The summed E-state index contributed by atoms with van der Waals surface area (Å²) in [5, 5.41) is 12.0. The molecule has 5 nitrogen and oxygen atoms in total. The van der Waals surface area contributed by atoms with Crippen LogP contribution >= 0.6 is 11.6 Å². The molecule has 0 radical (unpaired) electrons. The molecule has 9 heteroatoms. The van der Waals surface area contributed by atoms with Crippen molar-refractivity contribution in [3.8, 4) is 5.75 Å². The summed E-state index contributed by atoms with van der Waals surface area (Å²) in [4.78, 5) is 17.8. The first kappa shape index (κ1) is 24.5. The van der Waals surface area contributed by atoms with Crippen molar-refractivity contribution in [2.45, 2.75) is 26.0 Å². The largest absolute Gasteiger partial charge is 1.00 e. The molecule has 0 unspecified atom stereocenters. The minimum absolute atomic E-state index is 0. The third-order valence-corrected chi connectivity index (χ3v) is 5.42. The van der Waals surface area contributed by atoms with Crippen molar-refractivity contribution in [1.29, 1.82) is 0 Å². The number of rotatable bonds is 6. The van der Waals surface area contributed by atoms with Crippen molar-refractivity contribution in [3.63, 3.8) is 0 Å². The standard InChI is InChI=1S/C23H19ClF2N2O3.Na/c24-16-4-6-21(31-13-14-3-5-17(25)11-20(14)26)15(10-16)12-28-9-1-2-18-19(23(29)30)7-8-27-22(18)28;/h3-8,10-11H,1-2,9,12-13H2,(H,29,30);/q;+1/p-1. The number of benzene rings is 2. The molecule has 0 saturated carbocycles. The maximum absolute atomic E-state index is 13.9. The second kappa shape index (κ2) is 10.6. The van der Waals surface area contributed by atoms with Crippen LogP contribution in [0.25, 0.3) is 0 Å². The molecule has 0 aliphatic carbocycles. The molecule has 0 spiro atoms. The van der Waals surface area contributed by atoms with Crippen LogP contribution < -0.4 is 44.3 Å². The normalized spacial score (nSPS) is 12.7. The number of carbonyl (C=O) groups excluding carboxylic acids is 1. The fourth-order valence-corrected chi connectivity index (χ4v) is 3.91. The molecule has 4 rings (SSSR count). The Morgan fingerprint density at radius 3 is 2.72 bits per heavy atom. The molecule has 0 fully saturated rings. The molecule has 1 aromatic heterocycles. The molecular formula is C23H18ClF2N2NaO3. The van der Waals surface area contributed by atoms with Crippen LogP contribution in [0.1, 0.15) is 33.5 Å². The van der Waals surface area contributed by atoms with E-state index in [0.717, 1.165) is 18.1 Å². The Bertz CT molecular complexity index is 1150. The van der Waals surface area contributed by atoms with Crippen molar-refractivity contribution in [2.24, 2.45) is 0 Å². The van der Waals surface area contributed by atoms with Crippen LogP contribution in [-0.4, -0.2) is 17.5 Å². The fraction of sp³-hybridized carbons (Fsp3) is 0.217. The first-order valence-electron chi connectivity index (χ1n) is 9.71. The number of fused-ring (bicyclic) bond motifs is 1. The summed E-state index contributed by atoms with van der Waals surface area (Å²) >= 11 is 6.18. The van der Waals surface area contributed by atoms with E-state index in [1.54, 1.807) is 18.2 Å². The summed E-state index contributed by atoms with van der Waals surface area (Å²) in [6.45, 7) is 0.970.